The SMILES string of the molecule is O=C(ON1C(=O)CCC1=O)c1ccc(C[n+]2c3ccccc3c(-c3c4ccccc4[n+](Cc4ccc(C(=O)ON5C(=O)CCC5=O)cc4F)c4ccccc34)c3ccccc32)c(F)c1.O=[N+]([O-])[O-].O=[N+]([O-])[O-]. The van der Waals surface area contributed by atoms with Gasteiger partial charge in [-0.3, -0.25) is 19.2 Å². The van der Waals surface area contributed by atoms with E-state index >= 15 is 8.78 Å². The van der Waals surface area contributed by atoms with E-state index in [1.165, 1.54) is 24.3 Å². The summed E-state index contributed by atoms with van der Waals surface area (Å²) >= 11 is 0. The van der Waals surface area contributed by atoms with Crippen LogP contribution in [0.25, 0.3) is 54.7 Å². The molecule has 20 nitrogen and oxygen atoms in total. The number of benzene rings is 6. The molecular formula is C50H34F2N6O14. The first-order chi connectivity index (χ1) is 34.5. The van der Waals surface area contributed by atoms with Gasteiger partial charge in [0.15, 0.2) is 13.1 Å². The molecule has 362 valence electrons. The summed E-state index contributed by atoms with van der Waals surface area (Å²) in [5.41, 5.74) is 5.31. The smallest absolute Gasteiger partial charge is 0.356 e. The van der Waals surface area contributed by atoms with E-state index in [1.807, 2.05) is 106 Å². The molecule has 6 aromatic carbocycles. The summed E-state index contributed by atoms with van der Waals surface area (Å²) in [7, 11) is 0. The number of hydrogen-bond donors (Lipinski definition) is 0. The van der Waals surface area contributed by atoms with Gasteiger partial charge in [0.05, 0.1) is 54.0 Å². The van der Waals surface area contributed by atoms with E-state index in [0.717, 1.165) is 66.9 Å². The quantitative estimate of drug-likeness (QED) is 0.0469. The molecule has 0 bridgehead atoms. The summed E-state index contributed by atoms with van der Waals surface area (Å²) in [5.74, 6) is -5.95. The van der Waals surface area contributed by atoms with Crippen LogP contribution in [0, 0.1) is 42.3 Å². The van der Waals surface area contributed by atoms with Crippen LogP contribution in [-0.2, 0) is 41.9 Å². The highest BCUT2D eigenvalue weighted by Crippen LogP contribution is 2.41. The molecule has 0 aliphatic carbocycles. The fourth-order valence-corrected chi connectivity index (χ4v) is 8.64. The monoisotopic (exact) mass is 980 g/mol. The standard InChI is InChI=1S/C50H34F2N4O8.2NO3/c51-37-25-29(49(61)63-55-43(57)21-22-44(55)58)17-19-31(37)27-53-39-13-5-1-9-33(39)47(34-10-2-6-14-40(34)53)48-35-11-3-7-15-41(35)54(42-16-8-4-12-36(42)48)28-32-20-18-30(26-38(32)52)50(62)64-56-45(59)23-24-46(56)60;2*2-1(3)4/h1-20,25-26H,21-24,27-28H2;;/q+2;2*-1. The molecule has 2 aliphatic heterocycles. The van der Waals surface area contributed by atoms with Gasteiger partial charge in [-0.1, -0.05) is 48.5 Å². The van der Waals surface area contributed by atoms with Gasteiger partial charge in [-0.2, -0.15) is 9.13 Å². The number of carbonyl (C=O) groups is 6. The number of aromatic nitrogens is 2. The Bertz CT molecular complexity index is 3220. The molecule has 2 aliphatic rings. The van der Waals surface area contributed by atoms with Gasteiger partial charge in [0.25, 0.3) is 23.6 Å². The predicted molar refractivity (Wildman–Crippen MR) is 247 cm³/mol. The van der Waals surface area contributed by atoms with Gasteiger partial charge >= 0.3 is 11.9 Å². The maximum absolute atomic E-state index is 16.0. The Morgan fingerprint density at radius 3 is 1.00 bits per heavy atom. The molecule has 0 spiro atoms. The van der Waals surface area contributed by atoms with Gasteiger partial charge in [-0.05, 0) is 60.7 Å². The van der Waals surface area contributed by atoms with Crippen molar-refractivity contribution < 1.29 is 66.5 Å². The van der Waals surface area contributed by atoms with Crippen molar-refractivity contribution in [2.45, 2.75) is 38.8 Å². The van der Waals surface area contributed by atoms with Gasteiger partial charge in [0, 0.05) is 61.1 Å². The van der Waals surface area contributed by atoms with Crippen LogP contribution in [0.15, 0.2) is 133 Å². The average molecular weight is 981 g/mol. The second-order valence-corrected chi connectivity index (χ2v) is 16.0. The summed E-state index contributed by atoms with van der Waals surface area (Å²) in [4.78, 5) is 100. The van der Waals surface area contributed by atoms with Crippen molar-refractivity contribution in [1.29, 1.82) is 0 Å². The first-order valence-corrected chi connectivity index (χ1v) is 21.5. The minimum absolute atomic E-state index is 0.0650. The van der Waals surface area contributed by atoms with Gasteiger partial charge in [-0.15, -0.1) is 10.1 Å². The molecule has 0 saturated carbocycles. The molecule has 72 heavy (non-hydrogen) atoms. The summed E-state index contributed by atoms with van der Waals surface area (Å²) in [6.07, 6.45) is -0.260. The number of para-hydroxylation sites is 4. The van der Waals surface area contributed by atoms with E-state index in [0.29, 0.717) is 10.1 Å². The molecule has 2 aromatic heterocycles. The molecule has 2 fully saturated rings. The van der Waals surface area contributed by atoms with Crippen molar-refractivity contribution in [2.75, 3.05) is 0 Å². The number of hydrogen-bond acceptors (Lipinski definition) is 14. The number of imide groups is 2. The third kappa shape index (κ3) is 9.85. The van der Waals surface area contributed by atoms with E-state index in [1.54, 1.807) is 0 Å². The first-order valence-electron chi connectivity index (χ1n) is 21.5. The van der Waals surface area contributed by atoms with Gasteiger partial charge in [-0.25, -0.2) is 18.4 Å². The lowest BCUT2D eigenvalue weighted by molar-refractivity contribution is -0.636. The van der Waals surface area contributed by atoms with Crippen molar-refractivity contribution in [3.8, 4) is 11.1 Å². The number of carbonyl (C=O) groups excluding carboxylic acids is 6. The Balaban J connectivity index is 0.000000809. The molecule has 22 heteroatoms. The van der Waals surface area contributed by atoms with Crippen LogP contribution < -0.4 is 9.13 Å². The summed E-state index contributed by atoms with van der Waals surface area (Å²) in [6, 6.07) is 39.2. The zero-order valence-electron chi connectivity index (χ0n) is 37.1. The highest BCUT2D eigenvalue weighted by atomic mass is 19.1. The highest BCUT2D eigenvalue weighted by Gasteiger charge is 2.35. The number of pyridine rings is 2. The summed E-state index contributed by atoms with van der Waals surface area (Å²) in [5, 5.41) is 33.9. The van der Waals surface area contributed by atoms with Crippen LogP contribution in [0.5, 0.6) is 0 Å². The van der Waals surface area contributed by atoms with Crippen LogP contribution in [-0.4, -0.2) is 55.9 Å². The van der Waals surface area contributed by atoms with Crippen LogP contribution in [0.1, 0.15) is 57.5 Å². The number of nitrogens with zero attached hydrogens (tertiary/aromatic N) is 6. The van der Waals surface area contributed by atoms with Crippen molar-refractivity contribution in [2.24, 2.45) is 0 Å². The van der Waals surface area contributed by atoms with Crippen molar-refractivity contribution in [3.63, 3.8) is 0 Å². The Hall–Kier alpha value is -9.86. The van der Waals surface area contributed by atoms with Crippen LogP contribution in [0.3, 0.4) is 0 Å². The number of halogens is 2. The summed E-state index contributed by atoms with van der Waals surface area (Å²) < 4.78 is 36.0. The second-order valence-electron chi connectivity index (χ2n) is 16.0. The van der Waals surface area contributed by atoms with E-state index in [9.17, 15) is 28.8 Å². The van der Waals surface area contributed by atoms with E-state index in [4.69, 9.17) is 40.3 Å². The number of fused-ring (bicyclic) bond motifs is 4. The average Bonchev–Trinajstić information content (AvgIpc) is 3.85. The topological polar surface area (TPSA) is 268 Å². The first kappa shape index (κ1) is 48.6. The molecule has 4 amide bonds. The van der Waals surface area contributed by atoms with E-state index < -0.39 is 57.4 Å². The van der Waals surface area contributed by atoms with E-state index in [-0.39, 0.29) is 61.0 Å². The van der Waals surface area contributed by atoms with Crippen molar-refractivity contribution in [1.82, 2.24) is 10.1 Å². The summed E-state index contributed by atoms with van der Waals surface area (Å²) in [6.45, 7) is 0.164. The Labute approximate surface area is 402 Å². The minimum Gasteiger partial charge on any atom is -0.356 e. The van der Waals surface area contributed by atoms with Crippen molar-refractivity contribution in [3.05, 3.63) is 198 Å². The fraction of sp³-hybridized carbons (Fsp3) is 0.120. The lowest BCUT2D eigenvalue weighted by Gasteiger charge is -2.17. The normalized spacial score (nSPS) is 13.2. The van der Waals surface area contributed by atoms with Crippen LogP contribution in [0.2, 0.25) is 0 Å². The molecule has 8 aromatic rings. The zero-order chi connectivity index (χ0) is 51.4. The van der Waals surface area contributed by atoms with Gasteiger partial charge < -0.3 is 40.3 Å². The Morgan fingerprint density at radius 1 is 0.472 bits per heavy atom. The third-order valence-corrected chi connectivity index (χ3v) is 11.7. The lowest BCUT2D eigenvalue weighted by atomic mass is 9.90. The fourth-order valence-electron chi connectivity index (χ4n) is 8.64. The molecular weight excluding hydrogens is 947 g/mol. The zero-order valence-corrected chi connectivity index (χ0v) is 37.1. The highest BCUT2D eigenvalue weighted by molar-refractivity contribution is 6.18. The second kappa shape index (κ2) is 20.4. The largest absolute Gasteiger partial charge is 0.364 e. The molecule has 0 radical (unpaired) electrons. The van der Waals surface area contributed by atoms with E-state index in [2.05, 4.69) is 0 Å². The van der Waals surface area contributed by atoms with Crippen LogP contribution in [0.4, 0.5) is 8.78 Å². The lowest BCUT2D eigenvalue weighted by Crippen LogP contribution is -2.37. The number of amides is 4. The minimum atomic E-state index is -1.75. The Morgan fingerprint density at radius 2 is 0.736 bits per heavy atom. The van der Waals surface area contributed by atoms with Gasteiger partial charge in [0.1, 0.15) is 11.6 Å². The third-order valence-electron chi connectivity index (χ3n) is 11.7. The molecule has 0 atom stereocenters. The molecule has 2 saturated heterocycles. The maximum Gasteiger partial charge on any atom is 0.364 e. The predicted octanol–water partition coefficient (Wildman–Crippen LogP) is 6.88. The number of rotatable bonds is 9. The molecule has 0 N–H and O–H groups in total. The molecule has 10 rings (SSSR count). The number of hydroxylamine groups is 4. The van der Waals surface area contributed by atoms with Crippen LogP contribution >= 0.6 is 0 Å². The maximum atomic E-state index is 16.0. The van der Waals surface area contributed by atoms with Gasteiger partial charge in [0.2, 0.25) is 22.1 Å². The molecule has 0 unspecified atom stereocenters. The van der Waals surface area contributed by atoms with Crippen molar-refractivity contribution >= 4 is 79.2 Å². The Kier molecular flexibility index (Phi) is 13.8. The molecule has 4 heterocycles.